The summed E-state index contributed by atoms with van der Waals surface area (Å²) in [5.41, 5.74) is 1.13. The number of fused-ring (bicyclic) bond motifs is 1. The molecule has 92 valence electrons. The maximum absolute atomic E-state index is 10.6. The quantitative estimate of drug-likeness (QED) is 0.669. The second-order valence-corrected chi connectivity index (χ2v) is 6.49. The van der Waals surface area contributed by atoms with Crippen LogP contribution in [0, 0.1) is 23.7 Å². The van der Waals surface area contributed by atoms with Crippen LogP contribution >= 0.6 is 0 Å². The zero-order chi connectivity index (χ0) is 11.9. The molecular formula is C15H26O. The third kappa shape index (κ3) is 2.07. The van der Waals surface area contributed by atoms with Crippen LogP contribution in [0.5, 0.6) is 0 Å². The lowest BCUT2D eigenvalue weighted by Crippen LogP contribution is -2.36. The normalized spacial score (nSPS) is 44.1. The molecule has 1 N–H and O–H groups in total. The lowest BCUT2D eigenvalue weighted by molar-refractivity contribution is -0.0168. The number of aliphatic hydroxyl groups is 1. The van der Waals surface area contributed by atoms with Gasteiger partial charge in [-0.05, 0) is 56.3 Å². The Balaban J connectivity index is 2.29. The van der Waals surface area contributed by atoms with E-state index in [0.717, 1.165) is 18.8 Å². The van der Waals surface area contributed by atoms with Gasteiger partial charge in [-0.15, -0.1) is 0 Å². The highest BCUT2D eigenvalue weighted by Crippen LogP contribution is 2.48. The molecule has 1 saturated carbocycles. The summed E-state index contributed by atoms with van der Waals surface area (Å²) in [6.45, 7) is 8.96. The van der Waals surface area contributed by atoms with E-state index in [1.54, 1.807) is 5.57 Å². The molecule has 0 aromatic carbocycles. The Kier molecular flexibility index (Phi) is 3.18. The van der Waals surface area contributed by atoms with E-state index in [4.69, 9.17) is 0 Å². The van der Waals surface area contributed by atoms with Crippen molar-refractivity contribution in [3.63, 3.8) is 0 Å². The number of hydrogen-bond donors (Lipinski definition) is 1. The summed E-state index contributed by atoms with van der Waals surface area (Å²) in [4.78, 5) is 0. The Hall–Kier alpha value is -0.300. The first-order chi connectivity index (χ1) is 7.42. The molecule has 0 aromatic rings. The van der Waals surface area contributed by atoms with Crippen molar-refractivity contribution in [2.24, 2.45) is 23.7 Å². The Morgan fingerprint density at radius 1 is 1.38 bits per heavy atom. The van der Waals surface area contributed by atoms with E-state index < -0.39 is 5.60 Å². The van der Waals surface area contributed by atoms with E-state index in [0.29, 0.717) is 17.8 Å². The summed E-state index contributed by atoms with van der Waals surface area (Å²) in [5, 5.41) is 10.6. The largest absolute Gasteiger partial charge is 0.390 e. The molecular weight excluding hydrogens is 196 g/mol. The van der Waals surface area contributed by atoms with Crippen LogP contribution in [0.4, 0.5) is 0 Å². The molecule has 1 heteroatoms. The third-order valence-corrected chi connectivity index (χ3v) is 4.92. The van der Waals surface area contributed by atoms with Crippen molar-refractivity contribution in [1.29, 1.82) is 0 Å². The minimum atomic E-state index is -0.442. The van der Waals surface area contributed by atoms with Gasteiger partial charge in [-0.3, -0.25) is 0 Å². The van der Waals surface area contributed by atoms with Gasteiger partial charge in [0.2, 0.25) is 0 Å². The zero-order valence-corrected chi connectivity index (χ0v) is 11.2. The average molecular weight is 222 g/mol. The standard InChI is InChI=1S/C15H26O/c1-10(2)12-7-8-15(4,16)14-6-5-11(3)13(14)9-12/h9-11,13-14,16H,5-8H2,1-4H3/t11-,13-,14-,15-/m0/s1. The van der Waals surface area contributed by atoms with Crippen LogP contribution < -0.4 is 0 Å². The molecule has 0 amide bonds. The molecule has 0 aromatic heterocycles. The van der Waals surface area contributed by atoms with E-state index in [1.807, 2.05) is 0 Å². The predicted octanol–water partition coefficient (Wildman–Crippen LogP) is 3.78. The van der Waals surface area contributed by atoms with Gasteiger partial charge in [0.15, 0.2) is 0 Å². The molecule has 2 aliphatic carbocycles. The molecule has 0 aliphatic heterocycles. The highest BCUT2D eigenvalue weighted by molar-refractivity contribution is 5.15. The van der Waals surface area contributed by atoms with Crippen molar-refractivity contribution in [3.8, 4) is 0 Å². The van der Waals surface area contributed by atoms with Crippen LogP contribution in [0.25, 0.3) is 0 Å². The summed E-state index contributed by atoms with van der Waals surface area (Å²) in [7, 11) is 0. The second kappa shape index (κ2) is 4.18. The third-order valence-electron chi connectivity index (χ3n) is 4.92. The van der Waals surface area contributed by atoms with Crippen LogP contribution in [-0.2, 0) is 0 Å². The lowest BCUT2D eigenvalue weighted by atomic mass is 9.79. The summed E-state index contributed by atoms with van der Waals surface area (Å²) >= 11 is 0. The summed E-state index contributed by atoms with van der Waals surface area (Å²) in [6.07, 6.45) is 7.04. The molecule has 0 spiro atoms. The van der Waals surface area contributed by atoms with Gasteiger partial charge < -0.3 is 5.11 Å². The minimum Gasteiger partial charge on any atom is -0.390 e. The van der Waals surface area contributed by atoms with Gasteiger partial charge in [0, 0.05) is 0 Å². The van der Waals surface area contributed by atoms with Crippen LogP contribution in [-0.4, -0.2) is 10.7 Å². The van der Waals surface area contributed by atoms with Gasteiger partial charge in [0.05, 0.1) is 5.60 Å². The number of hydrogen-bond acceptors (Lipinski definition) is 1. The average Bonchev–Trinajstić information content (AvgIpc) is 2.47. The van der Waals surface area contributed by atoms with Gasteiger partial charge in [-0.25, -0.2) is 0 Å². The Labute approximate surface area is 99.9 Å². The van der Waals surface area contributed by atoms with E-state index >= 15 is 0 Å². The van der Waals surface area contributed by atoms with Crippen molar-refractivity contribution in [2.75, 3.05) is 0 Å². The maximum atomic E-state index is 10.6. The fourth-order valence-corrected chi connectivity index (χ4v) is 3.62. The molecule has 0 saturated heterocycles. The van der Waals surface area contributed by atoms with Crippen LogP contribution in [0.2, 0.25) is 0 Å². The second-order valence-electron chi connectivity index (χ2n) is 6.49. The molecule has 2 aliphatic rings. The fourth-order valence-electron chi connectivity index (χ4n) is 3.62. The first kappa shape index (κ1) is 12.2. The smallest absolute Gasteiger partial charge is 0.0656 e. The van der Waals surface area contributed by atoms with Crippen LogP contribution in [0.1, 0.15) is 53.4 Å². The number of allylic oxidation sites excluding steroid dienone is 2. The predicted molar refractivity (Wildman–Crippen MR) is 68.2 cm³/mol. The molecule has 1 fully saturated rings. The van der Waals surface area contributed by atoms with E-state index in [2.05, 4.69) is 33.8 Å². The first-order valence-electron chi connectivity index (χ1n) is 6.85. The van der Waals surface area contributed by atoms with Gasteiger partial charge >= 0.3 is 0 Å². The molecule has 2 rings (SSSR count). The fraction of sp³-hybridized carbons (Fsp3) is 0.867. The maximum Gasteiger partial charge on any atom is 0.0656 e. The number of rotatable bonds is 1. The topological polar surface area (TPSA) is 20.2 Å². The molecule has 0 radical (unpaired) electrons. The molecule has 16 heavy (non-hydrogen) atoms. The monoisotopic (exact) mass is 222 g/mol. The Bertz CT molecular complexity index is 288. The van der Waals surface area contributed by atoms with Crippen molar-refractivity contribution in [1.82, 2.24) is 0 Å². The molecule has 0 unspecified atom stereocenters. The van der Waals surface area contributed by atoms with Crippen molar-refractivity contribution >= 4 is 0 Å². The molecule has 1 nitrogen and oxygen atoms in total. The van der Waals surface area contributed by atoms with Gasteiger partial charge in [0.1, 0.15) is 0 Å². The van der Waals surface area contributed by atoms with E-state index in [1.165, 1.54) is 12.8 Å². The van der Waals surface area contributed by atoms with Gasteiger partial charge in [0.25, 0.3) is 0 Å². The first-order valence-corrected chi connectivity index (χ1v) is 6.85. The van der Waals surface area contributed by atoms with E-state index in [-0.39, 0.29) is 0 Å². The van der Waals surface area contributed by atoms with Gasteiger partial charge in [-0.1, -0.05) is 32.4 Å². The van der Waals surface area contributed by atoms with Crippen molar-refractivity contribution in [2.45, 2.75) is 59.0 Å². The molecule has 0 bridgehead atoms. The van der Waals surface area contributed by atoms with Gasteiger partial charge in [-0.2, -0.15) is 0 Å². The summed E-state index contributed by atoms with van der Waals surface area (Å²) in [5.74, 6) is 2.51. The minimum absolute atomic E-state index is 0.442. The summed E-state index contributed by atoms with van der Waals surface area (Å²) in [6, 6.07) is 0. The van der Waals surface area contributed by atoms with Crippen molar-refractivity contribution < 1.29 is 5.11 Å². The Morgan fingerprint density at radius 2 is 2.06 bits per heavy atom. The SMILES string of the molecule is CC(C)C1=C[C@H]2[C@@H](C)CC[C@@H]2[C@@](C)(O)CC1. The van der Waals surface area contributed by atoms with Crippen molar-refractivity contribution in [3.05, 3.63) is 11.6 Å². The van der Waals surface area contributed by atoms with E-state index in [9.17, 15) is 5.11 Å². The van der Waals surface area contributed by atoms with Crippen LogP contribution in [0.3, 0.4) is 0 Å². The molecule has 0 heterocycles. The molecule has 4 atom stereocenters. The lowest BCUT2D eigenvalue weighted by Gasteiger charge is -2.32. The Morgan fingerprint density at radius 3 is 2.69 bits per heavy atom. The van der Waals surface area contributed by atoms with Crippen LogP contribution in [0.15, 0.2) is 11.6 Å². The summed E-state index contributed by atoms with van der Waals surface area (Å²) < 4.78 is 0. The highest BCUT2D eigenvalue weighted by atomic mass is 16.3. The highest BCUT2D eigenvalue weighted by Gasteiger charge is 2.44. The zero-order valence-electron chi connectivity index (χ0n) is 11.2.